The van der Waals surface area contributed by atoms with Crippen LogP contribution in [0.4, 0.5) is 285 Å². The quantitative estimate of drug-likeness (QED) is 0.0180. The first-order chi connectivity index (χ1) is 60.2. The van der Waals surface area contributed by atoms with Gasteiger partial charge in [-0.15, -0.1) is 0 Å². The van der Waals surface area contributed by atoms with Gasteiger partial charge in [0.2, 0.25) is 0 Å². The molecule has 0 aliphatic rings. The predicted molar refractivity (Wildman–Crippen MR) is 296 cm³/mol. The molecule has 18 nitrogen and oxygen atoms in total. The summed E-state index contributed by atoms with van der Waals surface area (Å²) in [5.41, 5.74) is 0. The van der Waals surface area contributed by atoms with E-state index in [1.807, 2.05) is 0 Å². The van der Waals surface area contributed by atoms with Crippen LogP contribution >= 0.6 is 0 Å². The molecule has 0 spiro atoms. The molecule has 0 radical (unpaired) electrons. The van der Waals surface area contributed by atoms with Gasteiger partial charge in [-0.25, -0.2) is 16.8 Å². The van der Waals surface area contributed by atoms with Crippen LogP contribution in [0, 0.1) is 11.8 Å². The van der Waals surface area contributed by atoms with Crippen molar-refractivity contribution >= 4 is 56.1 Å². The fraction of sp³-hybridized carbons (Fsp3) is 0.891. The molecule has 0 saturated carbocycles. The molecule has 142 heavy (non-hydrogen) atoms. The smallest absolute Gasteiger partial charge is 0.747 e. The first-order valence-electron chi connectivity index (χ1n) is 32.9. The van der Waals surface area contributed by atoms with E-state index >= 15 is 0 Å². The third kappa shape index (κ3) is 27.1. The molecule has 0 N–H and O–H groups in total. The molecule has 0 rings (SSSR count). The second kappa shape index (κ2) is 43.6. The average Bonchev–Trinajstić information content (AvgIpc) is 0.710. The Labute approximate surface area is 780 Å². The Balaban J connectivity index is -0.00000137. The number of hydrogen-bond acceptors (Lipinski definition) is 18. The molecule has 4 atom stereocenters. The number of carbonyl (C=O) groups is 6. The molecule has 0 aromatic carbocycles. The van der Waals surface area contributed by atoms with E-state index in [-0.39, 0.29) is 59.1 Å². The molecule has 0 heterocycles. The van der Waals surface area contributed by atoms with Gasteiger partial charge in [-0.1, -0.05) is 0 Å². The van der Waals surface area contributed by atoms with Crippen LogP contribution in [0.15, 0.2) is 0 Å². The Bertz CT molecular complexity index is 4510. The van der Waals surface area contributed by atoms with Gasteiger partial charge in [0, 0.05) is 6.92 Å². The number of alkyl halides is 65. The van der Waals surface area contributed by atoms with Crippen LogP contribution in [-0.4, -0.2) is 291 Å². The van der Waals surface area contributed by atoms with Crippen LogP contribution in [0.2, 0.25) is 0 Å². The van der Waals surface area contributed by atoms with Crippen LogP contribution in [0.5, 0.6) is 0 Å². The first kappa shape index (κ1) is 142. The molecule has 0 amide bonds. The van der Waals surface area contributed by atoms with E-state index in [0.29, 0.717) is 0 Å². The number of halogens is 65. The van der Waals surface area contributed by atoms with Crippen molar-refractivity contribution in [3.63, 3.8) is 0 Å². The maximum atomic E-state index is 14.3. The zero-order chi connectivity index (χ0) is 114. The molecule has 87 heteroatoms. The van der Waals surface area contributed by atoms with Crippen LogP contribution in [0.1, 0.15) is 58.3 Å². The third-order valence-electron chi connectivity index (χ3n) is 17.0. The van der Waals surface area contributed by atoms with Crippen LogP contribution in [0.3, 0.4) is 0 Å². The van der Waals surface area contributed by atoms with Gasteiger partial charge < -0.3 is 37.5 Å². The zero-order valence-corrected chi connectivity index (χ0v) is 71.6. The number of rotatable bonds is 49. The standard InChI is InChI=1S/C31H20F38O9S.C24H17F27O9S.2Na/c1-14(32,33)18(40,41)22(48,49)23(50,51)19(42,43)17(38,39)4-7-78-13(72)11(79(73,74)75)9(12(71)77-6-3-16(36,37)21(46,47)25(54,55)27(58,59)29(62,63)31(67,68)69)8-10(70)76-5-2-15(34,35)20(44,45)24(52,53)26(56,57)28(60,61)30(64,65)66;25-13(26,16(31,32)19(37,38)22(43,44)45)1-4-58-9(52)7-8(11(53)59-5-2-14(27,28)17(33,34)20(39,40)23(46,47)48)10(61(55,56)57)12(54)60-6-3-15(29,30)18(35,36)21(41,42)24(49,50)51;;/h9,11H,2-8H2,1H3,(H,73,74,75);8,10H,1-7H2,(H,55,56,57);;/q;;2*+1/p-2. The van der Waals surface area contributed by atoms with Crippen molar-refractivity contribution in [3.05, 3.63) is 0 Å². The van der Waals surface area contributed by atoms with Crippen molar-refractivity contribution in [2.75, 3.05) is 39.6 Å². The van der Waals surface area contributed by atoms with Crippen LogP contribution < -0.4 is 59.1 Å². The predicted octanol–water partition coefficient (Wildman–Crippen LogP) is 14.1. The molecule has 0 aliphatic carbocycles. The average molecular weight is 2330 g/mol. The largest absolute Gasteiger partial charge is 1.00 e. The second-order valence-corrected chi connectivity index (χ2v) is 30.0. The SMILES string of the molecule is CC(F)(F)C(F)(F)C(F)(F)C(F)(F)C(F)(F)C(F)(F)CCOC(=O)C(C(CC(=O)OCCC(F)(F)C(F)(F)C(F)(F)C(F)(F)C(F)(F)C(F)(F)F)C(=O)OCCC(F)(F)C(F)(F)C(F)(F)C(F)(F)C(F)(F)C(F)(F)F)S(=O)(=O)[O-].O=C(CC(C(=O)OCCC(F)(F)C(F)(F)C(F)(F)C(F)(F)F)C(C(=O)OCCC(F)(F)C(F)(F)C(F)(F)C(F)(F)F)S(=O)(=O)[O-])OCCC(F)(F)C(F)(F)C(F)(F)C(F)(F)F.[Na+].[Na+]. The van der Waals surface area contributed by atoms with E-state index in [1.165, 1.54) is 0 Å². The molecule has 0 fully saturated rings. The Morgan fingerprint density at radius 2 is 0.331 bits per heavy atom. The summed E-state index contributed by atoms with van der Waals surface area (Å²) >= 11 is 0. The van der Waals surface area contributed by atoms with E-state index in [1.54, 1.807) is 0 Å². The molecular weight excluding hydrogens is 2290 g/mol. The van der Waals surface area contributed by atoms with Crippen LogP contribution in [0.25, 0.3) is 0 Å². The fourth-order valence-corrected chi connectivity index (χ4v) is 10.7. The maximum absolute atomic E-state index is 14.3. The van der Waals surface area contributed by atoms with Gasteiger partial charge in [-0.3, -0.25) is 28.8 Å². The summed E-state index contributed by atoms with van der Waals surface area (Å²) in [4.78, 5) is 74.4. The molecule has 0 bridgehead atoms. The number of carbonyl (C=O) groups excluding carboxylic acids is 6. The second-order valence-electron chi connectivity index (χ2n) is 27.0. The summed E-state index contributed by atoms with van der Waals surface area (Å²) in [6.45, 7) is -18.9. The van der Waals surface area contributed by atoms with Crippen molar-refractivity contribution in [3.8, 4) is 0 Å². The molecule has 4 unspecified atom stereocenters. The number of ether oxygens (including phenoxy) is 6. The molecule has 0 aromatic rings. The van der Waals surface area contributed by atoms with Crippen molar-refractivity contribution in [2.24, 2.45) is 11.8 Å². The zero-order valence-electron chi connectivity index (χ0n) is 65.9. The summed E-state index contributed by atoms with van der Waals surface area (Å²) < 4.78 is 958. The summed E-state index contributed by atoms with van der Waals surface area (Å²) in [6, 6.07) is 0. The molecular formula is C55H35F65Na2O18S2. The minimum Gasteiger partial charge on any atom is -0.747 e. The van der Waals surface area contributed by atoms with Gasteiger partial charge in [0.25, 0.3) is 0 Å². The van der Waals surface area contributed by atoms with E-state index < -0.39 is 355 Å². The van der Waals surface area contributed by atoms with Gasteiger partial charge >= 0.3 is 274 Å². The number of esters is 6. The molecule has 0 aromatic heterocycles. The number of hydrogen-bond donors (Lipinski definition) is 0. The Kier molecular flexibility index (Phi) is 43.7. The van der Waals surface area contributed by atoms with E-state index in [0.717, 1.165) is 0 Å². The Hall–Kier alpha value is -5.91. The van der Waals surface area contributed by atoms with Gasteiger partial charge in [-0.2, -0.15) is 285 Å². The maximum Gasteiger partial charge on any atom is 1.00 e. The van der Waals surface area contributed by atoms with Crippen molar-refractivity contribution in [1.29, 1.82) is 0 Å². The van der Waals surface area contributed by atoms with Gasteiger partial charge in [0.1, 0.15) is 20.2 Å². The minimum atomic E-state index is -8.66. The van der Waals surface area contributed by atoms with Crippen molar-refractivity contribution in [1.82, 2.24) is 0 Å². The Morgan fingerprint density at radius 1 is 0.204 bits per heavy atom. The van der Waals surface area contributed by atoms with Gasteiger partial charge in [-0.05, 0) is 0 Å². The van der Waals surface area contributed by atoms with Gasteiger partial charge in [0.05, 0.1) is 103 Å². The fourth-order valence-electron chi connectivity index (χ4n) is 8.82. The molecule has 832 valence electrons. The van der Waals surface area contributed by atoms with Crippen molar-refractivity contribution < 1.29 is 428 Å². The van der Waals surface area contributed by atoms with E-state index in [9.17, 15) is 340 Å². The monoisotopic (exact) mass is 2330 g/mol. The minimum absolute atomic E-state index is 0. The summed E-state index contributed by atoms with van der Waals surface area (Å²) in [7, 11) is -14.5. The van der Waals surface area contributed by atoms with Gasteiger partial charge in [0.15, 0.2) is 10.5 Å². The van der Waals surface area contributed by atoms with E-state index in [4.69, 9.17) is 0 Å². The Morgan fingerprint density at radius 3 is 0.479 bits per heavy atom. The normalized spacial score (nSPS) is 16.2. The van der Waals surface area contributed by atoms with Crippen molar-refractivity contribution in [2.45, 2.75) is 248 Å². The molecule has 0 saturated heterocycles. The summed E-state index contributed by atoms with van der Waals surface area (Å²) in [6.07, 6.45) is -65.0. The molecule has 0 aliphatic heterocycles. The topological polar surface area (TPSA) is 272 Å². The summed E-state index contributed by atoms with van der Waals surface area (Å²) in [5.74, 6) is -222. The van der Waals surface area contributed by atoms with E-state index in [2.05, 4.69) is 28.4 Å². The van der Waals surface area contributed by atoms with Crippen LogP contribution in [-0.2, 0) is 77.4 Å². The third-order valence-corrected chi connectivity index (χ3v) is 19.3. The summed E-state index contributed by atoms with van der Waals surface area (Å²) in [5, 5.41) is -9.17. The first-order valence-corrected chi connectivity index (χ1v) is 35.8.